The molecule has 1 aromatic heterocycles. The molecule has 2 heterocycles. The first-order valence-corrected chi connectivity index (χ1v) is 9.26. The number of Topliss-reactive ketones (excluding diaryl/α,β-unsaturated/α-hetero) is 1. The van der Waals surface area contributed by atoms with E-state index in [1.54, 1.807) is 36.4 Å². The number of amides is 1. The zero-order chi connectivity index (χ0) is 21.3. The number of pyridine rings is 1. The van der Waals surface area contributed by atoms with Gasteiger partial charge < -0.3 is 15.2 Å². The summed E-state index contributed by atoms with van der Waals surface area (Å²) >= 11 is 0. The molecule has 8 heteroatoms. The van der Waals surface area contributed by atoms with Gasteiger partial charge in [-0.2, -0.15) is 0 Å². The van der Waals surface area contributed by atoms with E-state index >= 15 is 0 Å². The van der Waals surface area contributed by atoms with Gasteiger partial charge in [0.05, 0.1) is 23.4 Å². The van der Waals surface area contributed by atoms with Crippen molar-refractivity contribution < 1.29 is 24.2 Å². The molecule has 1 aliphatic heterocycles. The number of ether oxygens (including phenoxy) is 1. The molecule has 0 bridgehead atoms. The monoisotopic (exact) mass is 403 g/mol. The van der Waals surface area contributed by atoms with Gasteiger partial charge in [0, 0.05) is 29.0 Å². The maximum atomic E-state index is 12.6. The van der Waals surface area contributed by atoms with Gasteiger partial charge in [-0.1, -0.05) is 6.07 Å². The van der Waals surface area contributed by atoms with Crippen LogP contribution in [0.15, 0.2) is 53.7 Å². The maximum absolute atomic E-state index is 12.6. The van der Waals surface area contributed by atoms with E-state index in [9.17, 15) is 14.4 Å². The van der Waals surface area contributed by atoms with Crippen LogP contribution in [0.3, 0.4) is 0 Å². The van der Waals surface area contributed by atoms with Crippen LogP contribution >= 0.6 is 0 Å². The highest BCUT2D eigenvalue weighted by atomic mass is 16.5. The third-order valence-electron chi connectivity index (χ3n) is 4.68. The smallest absolute Gasteiger partial charge is 0.319 e. The average Bonchev–Trinajstić information content (AvgIpc) is 2.74. The normalized spacial score (nSPS) is 15.0. The molecule has 0 spiro atoms. The Labute approximate surface area is 171 Å². The highest BCUT2D eigenvalue weighted by Gasteiger charge is 2.31. The number of ketones is 1. The van der Waals surface area contributed by atoms with Gasteiger partial charge in [0.2, 0.25) is 0 Å². The topological polar surface area (TPSA) is 118 Å². The zero-order valence-corrected chi connectivity index (χ0v) is 16.0. The van der Waals surface area contributed by atoms with Gasteiger partial charge in [-0.15, -0.1) is 0 Å². The molecule has 2 N–H and O–H groups in total. The minimum atomic E-state index is -1.30. The van der Waals surface area contributed by atoms with E-state index in [2.05, 4.69) is 15.3 Å². The molecule has 3 aromatic rings. The lowest BCUT2D eigenvalue weighted by molar-refractivity contribution is -0.137. The number of aliphatic carboxylic acids is 1. The quantitative estimate of drug-likeness (QED) is 0.630. The Hall–Kier alpha value is -4.07. The van der Waals surface area contributed by atoms with Crippen LogP contribution in [0.2, 0.25) is 0 Å². The average molecular weight is 403 g/mol. The van der Waals surface area contributed by atoms with E-state index < -0.39 is 17.7 Å². The summed E-state index contributed by atoms with van der Waals surface area (Å²) < 4.78 is 5.38. The third kappa shape index (κ3) is 3.50. The number of hydrogen-bond acceptors (Lipinski definition) is 6. The second-order valence-electron chi connectivity index (χ2n) is 6.63. The number of benzene rings is 2. The van der Waals surface area contributed by atoms with Crippen LogP contribution in [-0.4, -0.2) is 40.6 Å². The number of carbonyl (C=O) groups excluding carboxylic acids is 2. The number of carbonyl (C=O) groups is 3. The Morgan fingerprint density at radius 1 is 1.17 bits per heavy atom. The number of rotatable bonds is 5. The Kier molecular flexibility index (Phi) is 4.97. The molecule has 150 valence electrons. The fraction of sp³-hybridized carbons (Fsp3) is 0.136. The largest absolute Gasteiger partial charge is 0.494 e. The Balaban J connectivity index is 1.61. The molecule has 0 aliphatic carbocycles. The summed E-state index contributed by atoms with van der Waals surface area (Å²) in [6.45, 7) is 2.45. The van der Waals surface area contributed by atoms with Crippen molar-refractivity contribution in [3.63, 3.8) is 0 Å². The molecule has 4 rings (SSSR count). The summed E-state index contributed by atoms with van der Waals surface area (Å²) in [5.41, 5.74) is 1.90. The van der Waals surface area contributed by atoms with Crippen LogP contribution in [-0.2, 0) is 4.79 Å². The van der Waals surface area contributed by atoms with Crippen molar-refractivity contribution in [1.29, 1.82) is 0 Å². The van der Waals surface area contributed by atoms with Gasteiger partial charge in [-0.05, 0) is 43.3 Å². The highest BCUT2D eigenvalue weighted by Crippen LogP contribution is 2.33. The molecule has 0 fully saturated rings. The Morgan fingerprint density at radius 2 is 1.93 bits per heavy atom. The number of aromatic nitrogens is 1. The molecule has 0 saturated heterocycles. The molecule has 30 heavy (non-hydrogen) atoms. The van der Waals surface area contributed by atoms with Gasteiger partial charge in [0.15, 0.2) is 11.7 Å². The van der Waals surface area contributed by atoms with Crippen LogP contribution < -0.4 is 10.1 Å². The van der Waals surface area contributed by atoms with E-state index in [1.807, 2.05) is 6.92 Å². The Bertz CT molecular complexity index is 1200. The minimum absolute atomic E-state index is 0.205. The van der Waals surface area contributed by atoms with Crippen LogP contribution in [0.5, 0.6) is 5.75 Å². The van der Waals surface area contributed by atoms with Crippen molar-refractivity contribution in [2.75, 3.05) is 11.9 Å². The van der Waals surface area contributed by atoms with Crippen molar-refractivity contribution in [3.05, 3.63) is 59.8 Å². The van der Waals surface area contributed by atoms with E-state index in [0.717, 1.165) is 6.21 Å². The van der Waals surface area contributed by atoms with Gasteiger partial charge in [-0.3, -0.25) is 24.4 Å². The molecule has 1 amide bonds. The van der Waals surface area contributed by atoms with Crippen molar-refractivity contribution in [1.82, 2.24) is 4.98 Å². The van der Waals surface area contributed by atoms with Gasteiger partial charge in [0.1, 0.15) is 5.75 Å². The van der Waals surface area contributed by atoms with Crippen LogP contribution in [0.1, 0.15) is 27.6 Å². The number of nitrogens with one attached hydrogen (secondary N) is 1. The number of carboxylic acid groups (broad SMARTS) is 1. The van der Waals surface area contributed by atoms with E-state index in [4.69, 9.17) is 9.84 Å². The van der Waals surface area contributed by atoms with E-state index in [0.29, 0.717) is 40.2 Å². The summed E-state index contributed by atoms with van der Waals surface area (Å²) in [6, 6.07) is 11.8. The lowest BCUT2D eigenvalue weighted by atomic mass is 9.93. The summed E-state index contributed by atoms with van der Waals surface area (Å²) in [5.74, 6) is -2.70. The summed E-state index contributed by atoms with van der Waals surface area (Å²) in [5, 5.41) is 12.5. The highest BCUT2D eigenvalue weighted by molar-refractivity contribution is 6.24. The molecule has 1 unspecified atom stereocenters. The summed E-state index contributed by atoms with van der Waals surface area (Å²) in [7, 11) is 0. The number of fused-ring (bicyclic) bond motifs is 3. The lowest BCUT2D eigenvalue weighted by Gasteiger charge is -2.15. The number of aliphatic imine (C=N–C) groups is 1. The number of nitrogens with zero attached hydrogens (tertiary/aromatic N) is 2. The van der Waals surface area contributed by atoms with E-state index in [-0.39, 0.29) is 11.5 Å². The second-order valence-corrected chi connectivity index (χ2v) is 6.63. The predicted octanol–water partition coefficient (Wildman–Crippen LogP) is 3.49. The van der Waals surface area contributed by atoms with Crippen molar-refractivity contribution >= 4 is 46.2 Å². The fourth-order valence-electron chi connectivity index (χ4n) is 3.20. The SMILES string of the molecule is CCOc1ccc(NC(=O)c2cnc3c4c(ccc3c2)C(=O)C(C(=O)O)C=N4)cc1. The lowest BCUT2D eigenvalue weighted by Crippen LogP contribution is -2.27. The van der Waals surface area contributed by atoms with Gasteiger partial charge in [0.25, 0.3) is 5.91 Å². The zero-order valence-electron chi connectivity index (χ0n) is 16.0. The van der Waals surface area contributed by atoms with Gasteiger partial charge >= 0.3 is 5.97 Å². The third-order valence-corrected chi connectivity index (χ3v) is 4.68. The van der Waals surface area contributed by atoms with Crippen molar-refractivity contribution in [2.45, 2.75) is 6.92 Å². The number of anilines is 1. The predicted molar refractivity (Wildman–Crippen MR) is 111 cm³/mol. The Morgan fingerprint density at radius 3 is 2.63 bits per heavy atom. The van der Waals surface area contributed by atoms with Crippen LogP contribution in [0, 0.1) is 5.92 Å². The van der Waals surface area contributed by atoms with Crippen LogP contribution in [0.4, 0.5) is 11.4 Å². The van der Waals surface area contributed by atoms with E-state index in [1.165, 1.54) is 12.3 Å². The maximum Gasteiger partial charge on any atom is 0.319 e. The molecule has 2 aromatic carbocycles. The summed E-state index contributed by atoms with van der Waals surface area (Å²) in [6.07, 6.45) is 2.51. The summed E-state index contributed by atoms with van der Waals surface area (Å²) in [4.78, 5) is 44.6. The molecular weight excluding hydrogens is 386 g/mol. The number of carboxylic acids is 1. The first-order chi connectivity index (χ1) is 14.5. The number of hydrogen-bond donors (Lipinski definition) is 2. The van der Waals surface area contributed by atoms with Crippen molar-refractivity contribution in [3.8, 4) is 5.75 Å². The minimum Gasteiger partial charge on any atom is -0.494 e. The van der Waals surface area contributed by atoms with Gasteiger partial charge in [-0.25, -0.2) is 0 Å². The molecule has 0 radical (unpaired) electrons. The first kappa shape index (κ1) is 19.3. The molecule has 0 saturated carbocycles. The standard InChI is InChI=1S/C22H17N3O5/c1-2-30-15-6-4-14(5-7-15)25-21(27)13-9-12-3-8-16-19(18(12)23-10-13)24-11-17(20(16)26)22(28)29/h3-11,17H,2H2,1H3,(H,25,27)(H,28,29). The van der Waals surface area contributed by atoms with Crippen molar-refractivity contribution in [2.24, 2.45) is 10.9 Å². The molecule has 1 atom stereocenters. The molecule has 1 aliphatic rings. The molecule has 8 nitrogen and oxygen atoms in total. The molecular formula is C22H17N3O5. The fourth-order valence-corrected chi connectivity index (χ4v) is 3.20. The first-order valence-electron chi connectivity index (χ1n) is 9.26. The van der Waals surface area contributed by atoms with Crippen LogP contribution in [0.25, 0.3) is 10.9 Å². The second kappa shape index (κ2) is 7.75.